The second kappa shape index (κ2) is 6.02. The predicted molar refractivity (Wildman–Crippen MR) is 77.4 cm³/mol. The van der Waals surface area contributed by atoms with Crippen LogP contribution in [-0.2, 0) is 9.84 Å². The molecule has 0 fully saturated rings. The Morgan fingerprint density at radius 1 is 1.24 bits per heavy atom. The molecule has 0 saturated heterocycles. The van der Waals surface area contributed by atoms with Gasteiger partial charge in [0.1, 0.15) is 16.2 Å². The second-order valence-electron chi connectivity index (χ2n) is 4.16. The van der Waals surface area contributed by atoms with Gasteiger partial charge in [-0.3, -0.25) is 0 Å². The highest BCUT2D eigenvalue weighted by Gasteiger charge is 2.26. The molecule has 0 aliphatic carbocycles. The van der Waals surface area contributed by atoms with Crippen LogP contribution in [0.5, 0.6) is 0 Å². The van der Waals surface area contributed by atoms with Gasteiger partial charge >= 0.3 is 5.76 Å². The van der Waals surface area contributed by atoms with E-state index in [9.17, 15) is 17.2 Å². The molecule has 0 aliphatic rings. The van der Waals surface area contributed by atoms with E-state index in [2.05, 4.69) is 31.2 Å². The second-order valence-corrected chi connectivity index (χ2v) is 6.89. The fourth-order valence-electron chi connectivity index (χ4n) is 1.58. The van der Waals surface area contributed by atoms with E-state index in [1.807, 2.05) is 6.92 Å². The smallest absolute Gasteiger partial charge is 0.325 e. The van der Waals surface area contributed by atoms with Gasteiger partial charge in [-0.15, -0.1) is 0 Å². The van der Waals surface area contributed by atoms with Crippen LogP contribution < -0.4 is 5.32 Å². The maximum atomic E-state index is 12.5. The van der Waals surface area contributed by atoms with Crippen molar-refractivity contribution in [1.82, 2.24) is 9.97 Å². The van der Waals surface area contributed by atoms with Gasteiger partial charge in [0, 0.05) is 6.20 Å². The minimum atomic E-state index is -4.65. The standard InChI is InChI=1S/C12H10BrF2N3O2S/c1-7-4-9(13)17-11(5-7)18-10-6-8(2-3-16-10)21(19,20)12(14)15/h2-6,12H,1H3,(H,16,17,18). The first-order valence-electron chi connectivity index (χ1n) is 5.68. The number of pyridine rings is 2. The molecule has 0 aromatic carbocycles. The van der Waals surface area contributed by atoms with Gasteiger partial charge in [-0.1, -0.05) is 0 Å². The molecule has 0 bridgehead atoms. The van der Waals surface area contributed by atoms with Gasteiger partial charge in [0.25, 0.3) is 0 Å². The highest BCUT2D eigenvalue weighted by Crippen LogP contribution is 2.22. The van der Waals surface area contributed by atoms with Crippen LogP contribution in [0, 0.1) is 6.92 Å². The summed E-state index contributed by atoms with van der Waals surface area (Å²) >= 11 is 3.23. The summed E-state index contributed by atoms with van der Waals surface area (Å²) in [6.07, 6.45) is 1.14. The average Bonchev–Trinajstić information content (AvgIpc) is 2.37. The molecule has 0 radical (unpaired) electrons. The number of hydrogen-bond donors (Lipinski definition) is 1. The van der Waals surface area contributed by atoms with Crippen LogP contribution in [0.4, 0.5) is 20.4 Å². The van der Waals surface area contributed by atoms with Crippen molar-refractivity contribution in [3.05, 3.63) is 40.6 Å². The van der Waals surface area contributed by atoms with E-state index in [1.165, 1.54) is 0 Å². The molecule has 0 aliphatic heterocycles. The summed E-state index contributed by atoms with van der Waals surface area (Å²) in [7, 11) is -4.65. The van der Waals surface area contributed by atoms with E-state index >= 15 is 0 Å². The molecule has 2 heterocycles. The zero-order valence-corrected chi connectivity index (χ0v) is 13.1. The summed E-state index contributed by atoms with van der Waals surface area (Å²) in [6, 6.07) is 5.56. The number of nitrogens with one attached hydrogen (secondary N) is 1. The summed E-state index contributed by atoms with van der Waals surface area (Å²) < 4.78 is 48.4. The Kier molecular flexibility index (Phi) is 4.52. The number of sulfone groups is 1. The van der Waals surface area contributed by atoms with E-state index in [1.54, 1.807) is 12.1 Å². The van der Waals surface area contributed by atoms with E-state index in [0.717, 1.165) is 23.9 Å². The zero-order valence-electron chi connectivity index (χ0n) is 10.7. The van der Waals surface area contributed by atoms with Crippen LogP contribution in [0.15, 0.2) is 40.0 Å². The normalized spacial score (nSPS) is 11.7. The minimum absolute atomic E-state index is 0.113. The van der Waals surface area contributed by atoms with Crippen LogP contribution >= 0.6 is 15.9 Å². The zero-order chi connectivity index (χ0) is 15.6. The number of rotatable bonds is 4. The third-order valence-corrected chi connectivity index (χ3v) is 4.28. The molecule has 9 heteroatoms. The van der Waals surface area contributed by atoms with Crippen molar-refractivity contribution >= 4 is 37.4 Å². The van der Waals surface area contributed by atoms with Gasteiger partial charge in [-0.05, 0) is 52.7 Å². The molecule has 0 spiro atoms. The highest BCUT2D eigenvalue weighted by molar-refractivity contribution is 9.10. The molecule has 1 N–H and O–H groups in total. The number of nitrogens with zero attached hydrogens (tertiary/aromatic N) is 2. The van der Waals surface area contributed by atoms with Crippen LogP contribution in [0.25, 0.3) is 0 Å². The Morgan fingerprint density at radius 3 is 2.57 bits per heavy atom. The van der Waals surface area contributed by atoms with E-state index < -0.39 is 20.5 Å². The minimum Gasteiger partial charge on any atom is -0.325 e. The molecule has 0 atom stereocenters. The van der Waals surface area contributed by atoms with Gasteiger partial charge in [-0.25, -0.2) is 18.4 Å². The van der Waals surface area contributed by atoms with Crippen molar-refractivity contribution in [2.24, 2.45) is 0 Å². The lowest BCUT2D eigenvalue weighted by molar-refractivity contribution is 0.234. The molecular formula is C12H10BrF2N3O2S. The first-order valence-corrected chi connectivity index (χ1v) is 8.02. The van der Waals surface area contributed by atoms with Gasteiger partial charge in [0.15, 0.2) is 0 Å². The lowest BCUT2D eigenvalue weighted by atomic mass is 10.3. The fourth-order valence-corrected chi connectivity index (χ4v) is 2.86. The number of aromatic nitrogens is 2. The summed E-state index contributed by atoms with van der Waals surface area (Å²) in [5, 5.41) is 2.78. The monoisotopic (exact) mass is 377 g/mol. The quantitative estimate of drug-likeness (QED) is 0.827. The summed E-state index contributed by atoms with van der Waals surface area (Å²) in [6.45, 7) is 1.85. The van der Waals surface area contributed by atoms with Crippen LogP contribution in [0.2, 0.25) is 0 Å². The van der Waals surface area contributed by atoms with Crippen LogP contribution in [0.1, 0.15) is 5.56 Å². The van der Waals surface area contributed by atoms with Crippen molar-refractivity contribution in [3.8, 4) is 0 Å². The SMILES string of the molecule is Cc1cc(Br)nc(Nc2cc(S(=O)(=O)C(F)F)ccn2)c1. The summed E-state index contributed by atoms with van der Waals surface area (Å²) in [5.74, 6) is -2.94. The highest BCUT2D eigenvalue weighted by atomic mass is 79.9. The first-order chi connectivity index (χ1) is 9.79. The largest absolute Gasteiger partial charge is 0.341 e. The lowest BCUT2D eigenvalue weighted by Gasteiger charge is -2.08. The molecule has 2 aromatic rings. The Balaban J connectivity index is 2.34. The fraction of sp³-hybridized carbons (Fsp3) is 0.167. The number of hydrogen-bond acceptors (Lipinski definition) is 5. The van der Waals surface area contributed by atoms with Crippen molar-refractivity contribution < 1.29 is 17.2 Å². The molecule has 2 rings (SSSR count). The molecular weight excluding hydrogens is 368 g/mol. The van der Waals surface area contributed by atoms with E-state index in [4.69, 9.17) is 0 Å². The van der Waals surface area contributed by atoms with Crippen molar-refractivity contribution in [1.29, 1.82) is 0 Å². The average molecular weight is 378 g/mol. The molecule has 5 nitrogen and oxygen atoms in total. The molecule has 112 valence electrons. The Hall–Kier alpha value is -1.61. The van der Waals surface area contributed by atoms with Crippen LogP contribution in [-0.4, -0.2) is 24.1 Å². The predicted octanol–water partition coefficient (Wildman–Crippen LogP) is 3.29. The first kappa shape index (κ1) is 15.8. The van der Waals surface area contributed by atoms with Gasteiger partial charge in [0.2, 0.25) is 9.84 Å². The summed E-state index contributed by atoms with van der Waals surface area (Å²) in [4.78, 5) is 7.52. The maximum Gasteiger partial charge on any atom is 0.341 e. The number of aryl methyl sites for hydroxylation is 1. The number of halogens is 3. The Morgan fingerprint density at radius 2 is 1.95 bits per heavy atom. The van der Waals surface area contributed by atoms with Crippen molar-refractivity contribution in [2.45, 2.75) is 17.6 Å². The Bertz CT molecular complexity index is 749. The molecule has 21 heavy (non-hydrogen) atoms. The lowest BCUT2D eigenvalue weighted by Crippen LogP contribution is -2.12. The van der Waals surface area contributed by atoms with E-state index in [-0.39, 0.29) is 5.82 Å². The van der Waals surface area contributed by atoms with Crippen molar-refractivity contribution in [2.75, 3.05) is 5.32 Å². The third-order valence-electron chi connectivity index (χ3n) is 2.49. The summed E-state index contributed by atoms with van der Waals surface area (Å²) in [5.41, 5.74) is 0.913. The van der Waals surface area contributed by atoms with E-state index in [0.29, 0.717) is 10.4 Å². The van der Waals surface area contributed by atoms with Gasteiger partial charge < -0.3 is 5.32 Å². The van der Waals surface area contributed by atoms with Crippen LogP contribution in [0.3, 0.4) is 0 Å². The molecule has 0 amide bonds. The van der Waals surface area contributed by atoms with Gasteiger partial charge in [0.05, 0.1) is 4.90 Å². The topological polar surface area (TPSA) is 72.0 Å². The molecule has 0 unspecified atom stereocenters. The number of anilines is 2. The third kappa shape index (κ3) is 3.73. The molecule has 2 aromatic heterocycles. The van der Waals surface area contributed by atoms with Gasteiger partial charge in [-0.2, -0.15) is 8.78 Å². The maximum absolute atomic E-state index is 12.5. The molecule has 0 saturated carbocycles. The van der Waals surface area contributed by atoms with Crippen molar-refractivity contribution in [3.63, 3.8) is 0 Å². The Labute approximate surface area is 128 Å². The number of alkyl halides is 2.